The van der Waals surface area contributed by atoms with Crippen molar-refractivity contribution in [1.82, 2.24) is 5.16 Å². The third kappa shape index (κ3) is 2.10. The first kappa shape index (κ1) is 9.58. The fraction of sp³-hybridized carbons (Fsp3) is 0.182. The number of rotatable bonds is 2. The molecule has 2 rings (SSSR count). The molecule has 1 heterocycles. The number of aryl methyl sites for hydroxylation is 2. The van der Waals surface area contributed by atoms with Crippen LogP contribution in [0.2, 0.25) is 0 Å². The second-order valence-electron chi connectivity index (χ2n) is 3.21. The SMILES string of the molecule is Cc1noc(C)c1N=Nc1ccccc1. The molecule has 0 atom stereocenters. The third-order valence-corrected chi connectivity index (χ3v) is 2.02. The van der Waals surface area contributed by atoms with Gasteiger partial charge in [0.1, 0.15) is 5.69 Å². The number of azo groups is 1. The van der Waals surface area contributed by atoms with Crippen LogP contribution in [0.5, 0.6) is 0 Å². The predicted octanol–water partition coefficient (Wildman–Crippen LogP) is 3.71. The zero-order chi connectivity index (χ0) is 10.7. The quantitative estimate of drug-likeness (QED) is 0.695. The molecule has 76 valence electrons. The molecule has 0 aliphatic carbocycles. The van der Waals surface area contributed by atoms with E-state index in [1.165, 1.54) is 0 Å². The monoisotopic (exact) mass is 201 g/mol. The summed E-state index contributed by atoms with van der Waals surface area (Å²) in [5.41, 5.74) is 2.28. The second-order valence-corrected chi connectivity index (χ2v) is 3.21. The molecule has 0 radical (unpaired) electrons. The average Bonchev–Trinajstić information content (AvgIpc) is 2.58. The summed E-state index contributed by atoms with van der Waals surface area (Å²) < 4.78 is 4.98. The van der Waals surface area contributed by atoms with Crippen LogP contribution in [-0.2, 0) is 0 Å². The molecule has 1 aromatic carbocycles. The molecule has 1 aromatic heterocycles. The number of nitrogens with zero attached hydrogens (tertiary/aromatic N) is 3. The third-order valence-electron chi connectivity index (χ3n) is 2.02. The van der Waals surface area contributed by atoms with Crippen molar-refractivity contribution in [3.05, 3.63) is 41.8 Å². The van der Waals surface area contributed by atoms with E-state index >= 15 is 0 Å². The highest BCUT2D eigenvalue weighted by Crippen LogP contribution is 2.24. The summed E-state index contributed by atoms with van der Waals surface area (Å²) in [6.45, 7) is 3.66. The van der Waals surface area contributed by atoms with E-state index in [0.717, 1.165) is 11.4 Å². The van der Waals surface area contributed by atoms with Gasteiger partial charge in [0.05, 0.1) is 5.69 Å². The normalized spacial score (nSPS) is 11.1. The standard InChI is InChI=1S/C11H11N3O/c1-8-11(9(2)15-14-8)13-12-10-6-4-3-5-7-10/h3-7H,1-2H3. The van der Waals surface area contributed by atoms with Crippen LogP contribution in [0.3, 0.4) is 0 Å². The Bertz CT molecular complexity index is 454. The van der Waals surface area contributed by atoms with Gasteiger partial charge in [-0.15, -0.1) is 5.11 Å². The Balaban J connectivity index is 2.26. The van der Waals surface area contributed by atoms with Gasteiger partial charge in [0.25, 0.3) is 0 Å². The van der Waals surface area contributed by atoms with Gasteiger partial charge in [0, 0.05) is 0 Å². The summed E-state index contributed by atoms with van der Waals surface area (Å²) in [5, 5.41) is 12.0. The van der Waals surface area contributed by atoms with Crippen LogP contribution in [0.15, 0.2) is 45.1 Å². The van der Waals surface area contributed by atoms with Crippen molar-refractivity contribution in [2.45, 2.75) is 13.8 Å². The fourth-order valence-electron chi connectivity index (χ4n) is 1.22. The first-order valence-electron chi connectivity index (χ1n) is 4.67. The Kier molecular flexibility index (Phi) is 2.58. The molecular formula is C11H11N3O. The zero-order valence-corrected chi connectivity index (χ0v) is 8.64. The lowest BCUT2D eigenvalue weighted by Gasteiger charge is -1.90. The fourth-order valence-corrected chi connectivity index (χ4v) is 1.22. The van der Waals surface area contributed by atoms with Gasteiger partial charge in [0.2, 0.25) is 0 Å². The van der Waals surface area contributed by atoms with Gasteiger partial charge in [-0.2, -0.15) is 5.11 Å². The Hall–Kier alpha value is -1.97. The maximum Gasteiger partial charge on any atom is 0.161 e. The second kappa shape index (κ2) is 4.04. The molecule has 0 fully saturated rings. The van der Waals surface area contributed by atoms with Gasteiger partial charge in [-0.3, -0.25) is 0 Å². The van der Waals surface area contributed by atoms with Crippen LogP contribution in [0.4, 0.5) is 11.4 Å². The largest absolute Gasteiger partial charge is 0.359 e. The highest BCUT2D eigenvalue weighted by molar-refractivity contribution is 5.44. The van der Waals surface area contributed by atoms with E-state index in [0.29, 0.717) is 11.4 Å². The topological polar surface area (TPSA) is 50.8 Å². The lowest BCUT2D eigenvalue weighted by Crippen LogP contribution is -1.68. The lowest BCUT2D eigenvalue weighted by atomic mass is 10.3. The summed E-state index contributed by atoms with van der Waals surface area (Å²) in [5.74, 6) is 0.687. The van der Waals surface area contributed by atoms with E-state index in [1.807, 2.05) is 44.2 Å². The summed E-state index contributed by atoms with van der Waals surface area (Å²) >= 11 is 0. The maximum absolute atomic E-state index is 4.98. The Morgan fingerprint density at radius 3 is 2.40 bits per heavy atom. The van der Waals surface area contributed by atoms with E-state index in [9.17, 15) is 0 Å². The Morgan fingerprint density at radius 1 is 1.07 bits per heavy atom. The van der Waals surface area contributed by atoms with Gasteiger partial charge in [0.15, 0.2) is 11.4 Å². The highest BCUT2D eigenvalue weighted by atomic mass is 16.5. The van der Waals surface area contributed by atoms with Gasteiger partial charge in [-0.05, 0) is 26.0 Å². The van der Waals surface area contributed by atoms with Crippen molar-refractivity contribution in [3.63, 3.8) is 0 Å². The van der Waals surface area contributed by atoms with E-state index < -0.39 is 0 Å². The molecule has 0 N–H and O–H groups in total. The number of benzene rings is 1. The molecule has 0 saturated carbocycles. The molecule has 4 nitrogen and oxygen atoms in total. The van der Waals surface area contributed by atoms with Crippen LogP contribution in [0.25, 0.3) is 0 Å². The molecule has 0 amide bonds. The van der Waals surface area contributed by atoms with E-state index in [1.54, 1.807) is 0 Å². The lowest BCUT2D eigenvalue weighted by molar-refractivity contribution is 0.393. The average molecular weight is 201 g/mol. The van der Waals surface area contributed by atoms with Crippen LogP contribution in [0, 0.1) is 13.8 Å². The van der Waals surface area contributed by atoms with Crippen molar-refractivity contribution < 1.29 is 4.52 Å². The molecule has 0 spiro atoms. The number of hydrogen-bond donors (Lipinski definition) is 0. The molecule has 15 heavy (non-hydrogen) atoms. The number of aromatic nitrogens is 1. The van der Waals surface area contributed by atoms with Gasteiger partial charge >= 0.3 is 0 Å². The van der Waals surface area contributed by atoms with E-state index in [2.05, 4.69) is 15.4 Å². The molecule has 4 heteroatoms. The van der Waals surface area contributed by atoms with Crippen molar-refractivity contribution >= 4 is 11.4 Å². The molecule has 0 bridgehead atoms. The van der Waals surface area contributed by atoms with Gasteiger partial charge < -0.3 is 4.52 Å². The first-order valence-corrected chi connectivity index (χ1v) is 4.67. The van der Waals surface area contributed by atoms with Gasteiger partial charge in [-0.25, -0.2) is 0 Å². The van der Waals surface area contributed by atoms with Crippen LogP contribution < -0.4 is 0 Å². The van der Waals surface area contributed by atoms with Crippen molar-refractivity contribution in [2.75, 3.05) is 0 Å². The molecule has 0 unspecified atom stereocenters. The van der Waals surface area contributed by atoms with Gasteiger partial charge in [-0.1, -0.05) is 23.4 Å². The molecule has 0 aliphatic heterocycles. The smallest absolute Gasteiger partial charge is 0.161 e. The minimum Gasteiger partial charge on any atom is -0.359 e. The minimum atomic E-state index is 0.687. The van der Waals surface area contributed by atoms with Crippen molar-refractivity contribution in [2.24, 2.45) is 10.2 Å². The van der Waals surface area contributed by atoms with Crippen LogP contribution in [-0.4, -0.2) is 5.16 Å². The van der Waals surface area contributed by atoms with Crippen LogP contribution in [0.1, 0.15) is 11.5 Å². The van der Waals surface area contributed by atoms with Crippen molar-refractivity contribution in [1.29, 1.82) is 0 Å². The Labute approximate surface area is 87.6 Å². The summed E-state index contributed by atoms with van der Waals surface area (Å²) in [6.07, 6.45) is 0. The summed E-state index contributed by atoms with van der Waals surface area (Å²) in [4.78, 5) is 0. The molecule has 0 saturated heterocycles. The van der Waals surface area contributed by atoms with E-state index in [-0.39, 0.29) is 0 Å². The molecule has 0 aliphatic rings. The number of hydrogen-bond acceptors (Lipinski definition) is 4. The summed E-state index contributed by atoms with van der Waals surface area (Å²) in [6, 6.07) is 9.56. The highest BCUT2D eigenvalue weighted by Gasteiger charge is 2.06. The van der Waals surface area contributed by atoms with Crippen LogP contribution >= 0.6 is 0 Å². The first-order chi connectivity index (χ1) is 7.27. The Morgan fingerprint density at radius 2 is 1.80 bits per heavy atom. The molecular weight excluding hydrogens is 190 g/mol. The molecule has 2 aromatic rings. The van der Waals surface area contributed by atoms with Crippen molar-refractivity contribution in [3.8, 4) is 0 Å². The minimum absolute atomic E-state index is 0.687. The zero-order valence-electron chi connectivity index (χ0n) is 8.64. The predicted molar refractivity (Wildman–Crippen MR) is 56.6 cm³/mol. The van der Waals surface area contributed by atoms with E-state index in [4.69, 9.17) is 4.52 Å². The summed E-state index contributed by atoms with van der Waals surface area (Å²) in [7, 11) is 0. The maximum atomic E-state index is 4.98.